The normalized spacial score (nSPS) is 16.0. The van der Waals surface area contributed by atoms with Crippen LogP contribution in [0, 0.1) is 6.92 Å². The minimum atomic E-state index is -0.414. The van der Waals surface area contributed by atoms with Crippen LogP contribution < -0.4 is 19.7 Å². The molecule has 0 aromatic heterocycles. The van der Waals surface area contributed by atoms with E-state index in [1.54, 1.807) is 23.1 Å². The molecular formula is C20H22N2O5. The predicted molar refractivity (Wildman–Crippen MR) is 100 cm³/mol. The molecule has 0 spiro atoms. The number of nitrogens with one attached hydrogen (secondary N) is 1. The van der Waals surface area contributed by atoms with Crippen LogP contribution in [0.4, 0.5) is 10.5 Å². The fourth-order valence-electron chi connectivity index (χ4n) is 2.72. The van der Waals surface area contributed by atoms with E-state index < -0.39 is 12.2 Å². The first kappa shape index (κ1) is 18.6. The van der Waals surface area contributed by atoms with Gasteiger partial charge in [-0.15, -0.1) is 0 Å². The summed E-state index contributed by atoms with van der Waals surface area (Å²) in [7, 11) is 1.54. The van der Waals surface area contributed by atoms with Gasteiger partial charge in [0.25, 0.3) is 5.91 Å². The van der Waals surface area contributed by atoms with E-state index in [1.807, 2.05) is 37.3 Å². The standard InChI is InChI=1S/C20H22N2O5/c1-14-7-9-15(10-8-14)22-12-16(27-20(22)24)11-21-19(23)13-26-18-6-4-3-5-17(18)25-2/h3-10,16H,11-13H2,1-2H3,(H,21,23). The number of hydrogen-bond acceptors (Lipinski definition) is 5. The summed E-state index contributed by atoms with van der Waals surface area (Å²) in [6.07, 6.45) is -0.822. The second kappa shape index (κ2) is 8.44. The van der Waals surface area contributed by atoms with E-state index in [9.17, 15) is 9.59 Å². The Bertz CT molecular complexity index is 806. The summed E-state index contributed by atoms with van der Waals surface area (Å²) in [6.45, 7) is 2.44. The van der Waals surface area contributed by atoms with Gasteiger partial charge in [-0.1, -0.05) is 29.8 Å². The van der Waals surface area contributed by atoms with Crippen molar-refractivity contribution < 1.29 is 23.8 Å². The molecule has 1 aliphatic rings. The lowest BCUT2D eigenvalue weighted by atomic mass is 10.2. The maximum atomic E-state index is 12.0. The van der Waals surface area contributed by atoms with Gasteiger partial charge in [0.05, 0.1) is 20.2 Å². The fourth-order valence-corrected chi connectivity index (χ4v) is 2.72. The predicted octanol–water partition coefficient (Wildman–Crippen LogP) is 2.52. The zero-order valence-electron chi connectivity index (χ0n) is 15.3. The van der Waals surface area contributed by atoms with Crippen LogP contribution in [0.3, 0.4) is 0 Å². The number of cyclic esters (lactones) is 1. The average Bonchev–Trinajstić information content (AvgIpc) is 3.06. The molecule has 0 radical (unpaired) electrons. The number of aryl methyl sites for hydroxylation is 1. The van der Waals surface area contributed by atoms with Gasteiger partial charge in [0.1, 0.15) is 6.10 Å². The monoisotopic (exact) mass is 370 g/mol. The second-order valence-electron chi connectivity index (χ2n) is 6.20. The van der Waals surface area contributed by atoms with Crippen molar-refractivity contribution in [2.45, 2.75) is 13.0 Å². The molecule has 142 valence electrons. The number of amides is 2. The Kier molecular flexibility index (Phi) is 5.80. The van der Waals surface area contributed by atoms with Crippen molar-refractivity contribution in [2.75, 3.05) is 31.7 Å². The number of anilines is 1. The van der Waals surface area contributed by atoms with E-state index in [0.29, 0.717) is 18.0 Å². The maximum Gasteiger partial charge on any atom is 0.414 e. The highest BCUT2D eigenvalue weighted by Crippen LogP contribution is 2.25. The summed E-state index contributed by atoms with van der Waals surface area (Å²) >= 11 is 0. The van der Waals surface area contributed by atoms with Gasteiger partial charge in [-0.25, -0.2) is 4.79 Å². The molecule has 27 heavy (non-hydrogen) atoms. The number of rotatable bonds is 7. The summed E-state index contributed by atoms with van der Waals surface area (Å²) < 4.78 is 16.0. The Morgan fingerprint density at radius 3 is 2.59 bits per heavy atom. The Morgan fingerprint density at radius 1 is 1.19 bits per heavy atom. The first-order valence-electron chi connectivity index (χ1n) is 8.64. The summed E-state index contributed by atoms with van der Waals surface area (Å²) in [5.74, 6) is 0.752. The van der Waals surface area contributed by atoms with Crippen molar-refractivity contribution in [3.63, 3.8) is 0 Å². The molecule has 1 N–H and O–H groups in total. The smallest absolute Gasteiger partial charge is 0.414 e. The molecule has 2 aromatic carbocycles. The van der Waals surface area contributed by atoms with Crippen LogP contribution in [-0.2, 0) is 9.53 Å². The Labute approximate surface area is 157 Å². The third-order valence-electron chi connectivity index (χ3n) is 4.17. The first-order chi connectivity index (χ1) is 13.1. The molecule has 0 bridgehead atoms. The van der Waals surface area contributed by atoms with Crippen LogP contribution in [0.1, 0.15) is 5.56 Å². The topological polar surface area (TPSA) is 77.1 Å². The zero-order chi connectivity index (χ0) is 19.2. The van der Waals surface area contributed by atoms with Gasteiger partial charge in [0.15, 0.2) is 18.1 Å². The van der Waals surface area contributed by atoms with Gasteiger partial charge >= 0.3 is 6.09 Å². The molecule has 1 heterocycles. The molecule has 3 rings (SSSR count). The third kappa shape index (κ3) is 4.69. The molecule has 1 saturated heterocycles. The molecule has 1 aliphatic heterocycles. The van der Waals surface area contributed by atoms with Crippen molar-refractivity contribution in [3.8, 4) is 11.5 Å². The number of methoxy groups -OCH3 is 1. The Balaban J connectivity index is 1.46. The molecule has 2 amide bonds. The Morgan fingerprint density at radius 2 is 1.89 bits per heavy atom. The number of nitrogens with zero attached hydrogens (tertiary/aromatic N) is 1. The molecule has 7 nitrogen and oxygen atoms in total. The van der Waals surface area contributed by atoms with E-state index in [2.05, 4.69) is 5.32 Å². The number of para-hydroxylation sites is 2. The van der Waals surface area contributed by atoms with E-state index in [4.69, 9.17) is 14.2 Å². The molecule has 0 saturated carbocycles. The van der Waals surface area contributed by atoms with E-state index in [0.717, 1.165) is 11.3 Å². The number of carbonyl (C=O) groups is 2. The fraction of sp³-hybridized carbons (Fsp3) is 0.300. The number of ether oxygens (including phenoxy) is 3. The van der Waals surface area contributed by atoms with E-state index in [1.165, 1.54) is 7.11 Å². The third-order valence-corrected chi connectivity index (χ3v) is 4.17. The van der Waals surface area contributed by atoms with Crippen molar-refractivity contribution in [3.05, 3.63) is 54.1 Å². The highest BCUT2D eigenvalue weighted by atomic mass is 16.6. The van der Waals surface area contributed by atoms with Crippen molar-refractivity contribution in [1.82, 2.24) is 5.32 Å². The summed E-state index contributed by atoms with van der Waals surface area (Å²) in [5, 5.41) is 2.73. The maximum absolute atomic E-state index is 12.0. The number of carbonyl (C=O) groups excluding carboxylic acids is 2. The van der Waals surface area contributed by atoms with Gasteiger partial charge in [-0.3, -0.25) is 9.69 Å². The SMILES string of the molecule is COc1ccccc1OCC(=O)NCC1CN(c2ccc(C)cc2)C(=O)O1. The van der Waals surface area contributed by atoms with Gasteiger partial charge in [0, 0.05) is 5.69 Å². The zero-order valence-corrected chi connectivity index (χ0v) is 15.3. The van der Waals surface area contributed by atoms with Crippen LogP contribution in [0.25, 0.3) is 0 Å². The highest BCUT2D eigenvalue weighted by Gasteiger charge is 2.32. The van der Waals surface area contributed by atoms with Crippen LogP contribution >= 0.6 is 0 Å². The van der Waals surface area contributed by atoms with Crippen molar-refractivity contribution >= 4 is 17.7 Å². The van der Waals surface area contributed by atoms with Gasteiger partial charge < -0.3 is 19.5 Å². The van der Waals surface area contributed by atoms with Crippen LogP contribution in [0.5, 0.6) is 11.5 Å². The second-order valence-corrected chi connectivity index (χ2v) is 6.20. The molecule has 2 aromatic rings. The molecule has 0 aliphatic carbocycles. The number of benzene rings is 2. The van der Waals surface area contributed by atoms with E-state index in [-0.39, 0.29) is 19.1 Å². The molecule has 1 unspecified atom stereocenters. The Hall–Kier alpha value is -3.22. The lowest BCUT2D eigenvalue weighted by Crippen LogP contribution is -2.37. The van der Waals surface area contributed by atoms with Gasteiger partial charge in [0.2, 0.25) is 0 Å². The minimum Gasteiger partial charge on any atom is -0.493 e. The van der Waals surface area contributed by atoms with Crippen LogP contribution in [0.2, 0.25) is 0 Å². The van der Waals surface area contributed by atoms with Crippen LogP contribution in [0.15, 0.2) is 48.5 Å². The quantitative estimate of drug-likeness (QED) is 0.810. The largest absolute Gasteiger partial charge is 0.493 e. The molecule has 1 atom stereocenters. The van der Waals surface area contributed by atoms with Gasteiger partial charge in [-0.2, -0.15) is 0 Å². The molecular weight excluding hydrogens is 348 g/mol. The highest BCUT2D eigenvalue weighted by molar-refractivity contribution is 5.89. The van der Waals surface area contributed by atoms with Crippen molar-refractivity contribution in [1.29, 1.82) is 0 Å². The number of hydrogen-bond donors (Lipinski definition) is 1. The minimum absolute atomic E-state index is 0.150. The lowest BCUT2D eigenvalue weighted by molar-refractivity contribution is -0.123. The van der Waals surface area contributed by atoms with Crippen molar-refractivity contribution in [2.24, 2.45) is 0 Å². The summed E-state index contributed by atoms with van der Waals surface area (Å²) in [5.41, 5.74) is 1.89. The average molecular weight is 370 g/mol. The lowest BCUT2D eigenvalue weighted by Gasteiger charge is -2.13. The molecule has 7 heteroatoms. The van der Waals surface area contributed by atoms with Gasteiger partial charge in [-0.05, 0) is 31.2 Å². The molecule has 1 fully saturated rings. The van der Waals surface area contributed by atoms with E-state index >= 15 is 0 Å². The van der Waals surface area contributed by atoms with Crippen LogP contribution in [-0.4, -0.2) is 44.9 Å². The summed E-state index contributed by atoms with van der Waals surface area (Å²) in [6, 6.07) is 14.7. The first-order valence-corrected chi connectivity index (χ1v) is 8.64. The summed E-state index contributed by atoms with van der Waals surface area (Å²) in [4.78, 5) is 25.6.